The Morgan fingerprint density at radius 3 is 2.97 bits per heavy atom. The quantitative estimate of drug-likeness (QED) is 0.464. The topological polar surface area (TPSA) is 115 Å². The van der Waals surface area contributed by atoms with Crippen molar-refractivity contribution in [2.75, 3.05) is 45.2 Å². The van der Waals surface area contributed by atoms with Crippen molar-refractivity contribution in [2.45, 2.75) is 44.5 Å². The third-order valence-electron chi connectivity index (χ3n) is 6.57. The summed E-state index contributed by atoms with van der Waals surface area (Å²) in [5, 5.41) is 18.1. The zero-order valence-electron chi connectivity index (χ0n) is 17.9. The van der Waals surface area contributed by atoms with Crippen LogP contribution in [0.25, 0.3) is 0 Å². The van der Waals surface area contributed by atoms with Crippen molar-refractivity contribution in [2.24, 2.45) is 11.8 Å². The molecule has 0 saturated carbocycles. The molecule has 31 heavy (non-hydrogen) atoms. The van der Waals surface area contributed by atoms with E-state index >= 15 is 0 Å². The van der Waals surface area contributed by atoms with Crippen molar-refractivity contribution in [3.63, 3.8) is 0 Å². The molecule has 172 valence electrons. The van der Waals surface area contributed by atoms with Gasteiger partial charge in [-0.25, -0.2) is 0 Å². The highest BCUT2D eigenvalue weighted by Gasteiger charge is 2.40. The van der Waals surface area contributed by atoms with Crippen molar-refractivity contribution in [3.8, 4) is 5.75 Å². The summed E-state index contributed by atoms with van der Waals surface area (Å²) in [5.41, 5.74) is 6.78. The van der Waals surface area contributed by atoms with E-state index in [0.717, 1.165) is 24.9 Å². The number of ether oxygens (including phenoxy) is 3. The molecule has 0 spiro atoms. The molecule has 0 bridgehead atoms. The van der Waals surface area contributed by atoms with Crippen LogP contribution in [-0.4, -0.2) is 62.4 Å². The molecule has 2 fully saturated rings. The summed E-state index contributed by atoms with van der Waals surface area (Å²) in [6.07, 6.45) is 2.58. The first kappa shape index (κ1) is 22.6. The molecule has 3 aliphatic heterocycles. The average molecular weight is 454 g/mol. The molecule has 1 amide bonds. The summed E-state index contributed by atoms with van der Waals surface area (Å²) >= 11 is 6.23. The lowest BCUT2D eigenvalue weighted by Crippen LogP contribution is -2.56. The SMILES string of the molecule is CC(CC1OCCO1)C[C@@]1(O)CNCC[C@H]1CNC(=O)c1cc(Cl)c(N)c2c1OCC2. The van der Waals surface area contributed by atoms with E-state index in [9.17, 15) is 9.90 Å². The van der Waals surface area contributed by atoms with Gasteiger partial charge >= 0.3 is 0 Å². The van der Waals surface area contributed by atoms with Gasteiger partial charge in [0.2, 0.25) is 0 Å². The Kier molecular flexibility index (Phi) is 6.93. The van der Waals surface area contributed by atoms with Gasteiger partial charge in [-0.2, -0.15) is 0 Å². The number of carbonyl (C=O) groups is 1. The fraction of sp³-hybridized carbons (Fsp3) is 0.682. The number of benzene rings is 1. The maximum Gasteiger partial charge on any atom is 0.255 e. The number of rotatable bonds is 7. The normalized spacial score (nSPS) is 27.0. The molecule has 0 aromatic heterocycles. The van der Waals surface area contributed by atoms with E-state index < -0.39 is 5.60 Å². The fourth-order valence-electron chi connectivity index (χ4n) is 4.93. The summed E-state index contributed by atoms with van der Waals surface area (Å²) in [6, 6.07) is 1.56. The maximum atomic E-state index is 13.0. The van der Waals surface area contributed by atoms with E-state index in [0.29, 0.717) is 67.8 Å². The van der Waals surface area contributed by atoms with Crippen LogP contribution in [-0.2, 0) is 15.9 Å². The number of nitrogen functional groups attached to an aromatic ring is 1. The maximum absolute atomic E-state index is 13.0. The molecule has 1 aromatic rings. The summed E-state index contributed by atoms with van der Waals surface area (Å²) in [7, 11) is 0. The lowest BCUT2D eigenvalue weighted by Gasteiger charge is -2.42. The van der Waals surface area contributed by atoms with Crippen LogP contribution in [0.15, 0.2) is 6.07 Å². The van der Waals surface area contributed by atoms with Gasteiger partial charge in [-0.3, -0.25) is 4.79 Å². The lowest BCUT2D eigenvalue weighted by atomic mass is 9.76. The van der Waals surface area contributed by atoms with Crippen LogP contribution in [0.5, 0.6) is 5.75 Å². The van der Waals surface area contributed by atoms with Gasteiger partial charge in [0, 0.05) is 37.4 Å². The predicted octanol–water partition coefficient (Wildman–Crippen LogP) is 1.72. The van der Waals surface area contributed by atoms with E-state index in [1.807, 2.05) is 0 Å². The molecule has 1 aromatic carbocycles. The standard InChI is InChI=1S/C22H32ClN3O5/c1-13(8-18-29-6-7-30-18)10-22(28)12-25-4-2-14(22)11-26-21(27)16-9-17(23)19(24)15-3-5-31-20(15)16/h9,13-14,18,25,28H,2-8,10-12,24H2,1H3,(H,26,27)/t13?,14-,22+/m0/s1. The van der Waals surface area contributed by atoms with Crippen LogP contribution in [0.3, 0.4) is 0 Å². The molecular formula is C22H32ClN3O5. The molecule has 3 atom stereocenters. The first-order valence-electron chi connectivity index (χ1n) is 11.1. The number of halogens is 1. The number of β-amino-alcohol motifs (C(OH)–C–C–N with tert-alkyl or cyclic N) is 1. The molecule has 4 rings (SSSR count). The second-order valence-corrected chi connectivity index (χ2v) is 9.33. The highest BCUT2D eigenvalue weighted by atomic mass is 35.5. The summed E-state index contributed by atoms with van der Waals surface area (Å²) in [5.74, 6) is 0.412. The van der Waals surface area contributed by atoms with E-state index in [1.165, 1.54) is 0 Å². The van der Waals surface area contributed by atoms with Crippen LogP contribution in [0.1, 0.15) is 42.1 Å². The highest BCUT2D eigenvalue weighted by molar-refractivity contribution is 6.33. The minimum absolute atomic E-state index is 0.0659. The summed E-state index contributed by atoms with van der Waals surface area (Å²) < 4.78 is 16.7. The average Bonchev–Trinajstić information content (AvgIpc) is 3.41. The number of amides is 1. The minimum Gasteiger partial charge on any atom is -0.492 e. The van der Waals surface area contributed by atoms with E-state index in [2.05, 4.69) is 17.6 Å². The number of hydrogen-bond donors (Lipinski definition) is 4. The number of aliphatic hydroxyl groups is 1. The molecule has 3 aliphatic rings. The Bertz CT molecular complexity index is 817. The van der Waals surface area contributed by atoms with Crippen LogP contribution in [0, 0.1) is 11.8 Å². The Labute approximate surface area is 187 Å². The number of nitrogens with two attached hydrogens (primary N) is 1. The Balaban J connectivity index is 1.40. The van der Waals surface area contributed by atoms with Gasteiger partial charge in [-0.05, 0) is 31.4 Å². The first-order chi connectivity index (χ1) is 14.9. The second kappa shape index (κ2) is 9.50. The van der Waals surface area contributed by atoms with Gasteiger partial charge in [-0.1, -0.05) is 18.5 Å². The van der Waals surface area contributed by atoms with Gasteiger partial charge < -0.3 is 35.7 Å². The molecule has 8 nitrogen and oxygen atoms in total. The van der Waals surface area contributed by atoms with E-state index in [4.69, 9.17) is 31.5 Å². The van der Waals surface area contributed by atoms with Crippen molar-refractivity contribution in [1.29, 1.82) is 0 Å². The zero-order valence-corrected chi connectivity index (χ0v) is 18.7. The van der Waals surface area contributed by atoms with Crippen LogP contribution >= 0.6 is 11.6 Å². The number of fused-ring (bicyclic) bond motifs is 1. The summed E-state index contributed by atoms with van der Waals surface area (Å²) in [6.45, 7) is 5.51. The van der Waals surface area contributed by atoms with Crippen molar-refractivity contribution >= 4 is 23.2 Å². The Morgan fingerprint density at radius 1 is 1.42 bits per heavy atom. The number of carbonyl (C=O) groups excluding carboxylic acids is 1. The van der Waals surface area contributed by atoms with Crippen LogP contribution < -0.4 is 21.1 Å². The summed E-state index contributed by atoms with van der Waals surface area (Å²) in [4.78, 5) is 13.0. The van der Waals surface area contributed by atoms with Gasteiger partial charge in [-0.15, -0.1) is 0 Å². The first-order valence-corrected chi connectivity index (χ1v) is 11.4. The number of piperidine rings is 1. The number of anilines is 1. The van der Waals surface area contributed by atoms with Gasteiger partial charge in [0.25, 0.3) is 5.91 Å². The third kappa shape index (κ3) is 4.93. The van der Waals surface area contributed by atoms with Crippen molar-refractivity contribution in [3.05, 3.63) is 22.2 Å². The fourth-order valence-corrected chi connectivity index (χ4v) is 5.15. The van der Waals surface area contributed by atoms with Crippen molar-refractivity contribution < 1.29 is 24.1 Å². The Hall–Kier alpha value is -1.58. The molecule has 1 unspecified atom stereocenters. The molecule has 5 N–H and O–H groups in total. The molecule has 9 heteroatoms. The number of nitrogens with one attached hydrogen (secondary N) is 2. The van der Waals surface area contributed by atoms with E-state index in [-0.39, 0.29) is 24.0 Å². The molecule has 3 heterocycles. The second-order valence-electron chi connectivity index (χ2n) is 8.92. The van der Waals surface area contributed by atoms with Gasteiger partial charge in [0.05, 0.1) is 41.7 Å². The largest absolute Gasteiger partial charge is 0.492 e. The highest BCUT2D eigenvalue weighted by Crippen LogP contribution is 2.39. The molecule has 2 saturated heterocycles. The van der Waals surface area contributed by atoms with Gasteiger partial charge in [0.15, 0.2) is 6.29 Å². The molecule has 0 aliphatic carbocycles. The van der Waals surface area contributed by atoms with Crippen molar-refractivity contribution in [1.82, 2.24) is 10.6 Å². The molecular weight excluding hydrogens is 422 g/mol. The van der Waals surface area contributed by atoms with Crippen LogP contribution in [0.4, 0.5) is 5.69 Å². The Morgan fingerprint density at radius 2 is 2.19 bits per heavy atom. The van der Waals surface area contributed by atoms with E-state index in [1.54, 1.807) is 6.07 Å². The predicted molar refractivity (Wildman–Crippen MR) is 117 cm³/mol. The van der Waals surface area contributed by atoms with Gasteiger partial charge in [0.1, 0.15) is 5.75 Å². The van der Waals surface area contributed by atoms with Crippen LogP contribution in [0.2, 0.25) is 5.02 Å². The number of hydrogen-bond acceptors (Lipinski definition) is 7. The molecule has 0 radical (unpaired) electrons. The lowest BCUT2D eigenvalue weighted by molar-refractivity contribution is -0.0806. The smallest absolute Gasteiger partial charge is 0.255 e. The third-order valence-corrected chi connectivity index (χ3v) is 6.89. The monoisotopic (exact) mass is 453 g/mol. The minimum atomic E-state index is -0.916. The zero-order chi connectivity index (χ0) is 22.0.